The van der Waals surface area contributed by atoms with Crippen LogP contribution < -0.4 is 10.5 Å². The maximum absolute atomic E-state index is 10.5. The van der Waals surface area contributed by atoms with E-state index in [1.165, 1.54) is 0 Å². The van der Waals surface area contributed by atoms with Crippen molar-refractivity contribution in [2.45, 2.75) is 12.5 Å². The van der Waals surface area contributed by atoms with Crippen LogP contribution in [0.2, 0.25) is 0 Å². The molecule has 1 atom stereocenters. The van der Waals surface area contributed by atoms with Gasteiger partial charge in [0, 0.05) is 0 Å². The molecule has 0 aliphatic rings. The molecular weight excluding hydrogens is 206 g/mol. The van der Waals surface area contributed by atoms with Gasteiger partial charge in [-0.3, -0.25) is 4.79 Å². The van der Waals surface area contributed by atoms with Crippen LogP contribution in [0.5, 0.6) is 5.75 Å². The van der Waals surface area contributed by atoms with Gasteiger partial charge in [-0.2, -0.15) is 0 Å². The second-order valence-corrected chi connectivity index (χ2v) is 3.36. The number of nitrogens with two attached hydrogens (primary N) is 1. The van der Waals surface area contributed by atoms with Gasteiger partial charge >= 0.3 is 5.97 Å². The number of carbonyl (C=O) groups is 1. The van der Waals surface area contributed by atoms with Crippen molar-refractivity contribution in [2.75, 3.05) is 6.61 Å². The van der Waals surface area contributed by atoms with Crippen LogP contribution in [-0.2, 0) is 11.2 Å². The van der Waals surface area contributed by atoms with Crippen molar-refractivity contribution in [3.63, 3.8) is 0 Å². The van der Waals surface area contributed by atoms with E-state index in [4.69, 9.17) is 15.6 Å². The van der Waals surface area contributed by atoms with Gasteiger partial charge in [0.15, 0.2) is 0 Å². The van der Waals surface area contributed by atoms with E-state index in [0.717, 1.165) is 5.56 Å². The molecule has 86 valence electrons. The van der Waals surface area contributed by atoms with Crippen LogP contribution in [0.3, 0.4) is 0 Å². The zero-order valence-electron chi connectivity index (χ0n) is 8.93. The number of carboxylic acids is 1. The van der Waals surface area contributed by atoms with Crippen LogP contribution in [-0.4, -0.2) is 23.7 Å². The molecule has 1 rings (SSSR count). The molecule has 0 bridgehead atoms. The predicted octanol–water partition coefficient (Wildman–Crippen LogP) is 1.21. The van der Waals surface area contributed by atoms with Gasteiger partial charge in [0.25, 0.3) is 0 Å². The molecule has 0 aromatic heterocycles. The molecule has 0 fully saturated rings. The van der Waals surface area contributed by atoms with Gasteiger partial charge in [-0.15, -0.1) is 6.58 Å². The number of hydrogen-bond acceptors (Lipinski definition) is 3. The van der Waals surface area contributed by atoms with E-state index in [-0.39, 0.29) is 6.61 Å². The van der Waals surface area contributed by atoms with Crippen molar-refractivity contribution >= 4 is 5.97 Å². The first-order valence-electron chi connectivity index (χ1n) is 4.95. The second-order valence-electron chi connectivity index (χ2n) is 3.36. The van der Waals surface area contributed by atoms with Gasteiger partial charge in [0.2, 0.25) is 0 Å². The number of carboxylic acid groups (broad SMARTS) is 1. The zero-order valence-corrected chi connectivity index (χ0v) is 8.93. The van der Waals surface area contributed by atoms with Crippen molar-refractivity contribution in [1.82, 2.24) is 0 Å². The Morgan fingerprint density at radius 2 is 2.25 bits per heavy atom. The summed E-state index contributed by atoms with van der Waals surface area (Å²) in [6, 6.07) is 6.41. The van der Waals surface area contributed by atoms with Gasteiger partial charge in [-0.25, -0.2) is 0 Å². The lowest BCUT2D eigenvalue weighted by atomic mass is 10.1. The summed E-state index contributed by atoms with van der Waals surface area (Å²) in [5.74, 6) is -0.416. The van der Waals surface area contributed by atoms with Crippen molar-refractivity contribution in [1.29, 1.82) is 0 Å². The van der Waals surface area contributed by atoms with E-state index < -0.39 is 12.0 Å². The highest BCUT2D eigenvalue weighted by molar-refractivity contribution is 5.73. The third kappa shape index (κ3) is 3.40. The topological polar surface area (TPSA) is 72.5 Å². The van der Waals surface area contributed by atoms with Crippen LogP contribution in [0.1, 0.15) is 5.56 Å². The predicted molar refractivity (Wildman–Crippen MR) is 61.4 cm³/mol. The Balaban J connectivity index is 2.65. The third-order valence-corrected chi connectivity index (χ3v) is 2.07. The monoisotopic (exact) mass is 221 g/mol. The van der Waals surface area contributed by atoms with Gasteiger partial charge in [-0.1, -0.05) is 24.3 Å². The van der Waals surface area contributed by atoms with E-state index in [1.807, 2.05) is 18.2 Å². The number of allylic oxidation sites excluding steroid dienone is 1. The number of benzene rings is 1. The maximum atomic E-state index is 10.5. The van der Waals surface area contributed by atoms with Crippen LogP contribution in [0.15, 0.2) is 36.9 Å². The summed E-state index contributed by atoms with van der Waals surface area (Å²) < 4.78 is 5.36. The normalized spacial score (nSPS) is 11.8. The molecule has 1 aromatic rings. The average molecular weight is 221 g/mol. The SMILES string of the molecule is C=CCc1ccccc1OCC(N)C(=O)O. The summed E-state index contributed by atoms with van der Waals surface area (Å²) >= 11 is 0. The van der Waals surface area contributed by atoms with Crippen molar-refractivity contribution in [3.05, 3.63) is 42.5 Å². The number of hydrogen-bond donors (Lipinski definition) is 2. The molecule has 3 N–H and O–H groups in total. The molecule has 1 unspecified atom stereocenters. The van der Waals surface area contributed by atoms with Crippen LogP contribution in [0.25, 0.3) is 0 Å². The summed E-state index contributed by atoms with van der Waals surface area (Å²) in [6.45, 7) is 3.61. The second kappa shape index (κ2) is 5.92. The van der Waals surface area contributed by atoms with E-state index in [0.29, 0.717) is 12.2 Å². The van der Waals surface area contributed by atoms with Gasteiger partial charge in [0.1, 0.15) is 18.4 Å². The number of aliphatic carboxylic acids is 1. The van der Waals surface area contributed by atoms with Crippen LogP contribution >= 0.6 is 0 Å². The first-order valence-corrected chi connectivity index (χ1v) is 4.95. The fraction of sp³-hybridized carbons (Fsp3) is 0.250. The molecule has 0 aliphatic carbocycles. The molecule has 0 aliphatic heterocycles. The molecular formula is C12H15NO3. The van der Waals surface area contributed by atoms with Crippen molar-refractivity contribution in [3.8, 4) is 5.75 Å². The summed E-state index contributed by atoms with van der Waals surface area (Å²) in [5, 5.41) is 8.61. The quantitative estimate of drug-likeness (QED) is 0.708. The molecule has 0 spiro atoms. The van der Waals surface area contributed by atoms with E-state index in [1.54, 1.807) is 12.1 Å². The van der Waals surface area contributed by atoms with Gasteiger partial charge < -0.3 is 15.6 Å². The number of rotatable bonds is 6. The smallest absolute Gasteiger partial charge is 0.324 e. The lowest BCUT2D eigenvalue weighted by Gasteiger charge is -2.12. The molecule has 16 heavy (non-hydrogen) atoms. The average Bonchev–Trinajstić information content (AvgIpc) is 2.27. The summed E-state index contributed by atoms with van der Waals surface area (Å²) in [4.78, 5) is 10.5. The Morgan fingerprint density at radius 3 is 2.88 bits per heavy atom. The maximum Gasteiger partial charge on any atom is 0.324 e. The summed E-state index contributed by atoms with van der Waals surface area (Å²) in [6.07, 6.45) is 2.44. The minimum Gasteiger partial charge on any atom is -0.491 e. The van der Waals surface area contributed by atoms with Crippen LogP contribution in [0.4, 0.5) is 0 Å². The Bertz CT molecular complexity index is 376. The van der Waals surface area contributed by atoms with Crippen molar-refractivity contribution in [2.24, 2.45) is 5.73 Å². The molecule has 1 aromatic carbocycles. The van der Waals surface area contributed by atoms with Crippen LogP contribution in [0, 0.1) is 0 Å². The number of para-hydroxylation sites is 1. The largest absolute Gasteiger partial charge is 0.491 e. The van der Waals surface area contributed by atoms with Crippen molar-refractivity contribution < 1.29 is 14.6 Å². The minimum atomic E-state index is -1.07. The van der Waals surface area contributed by atoms with E-state index in [2.05, 4.69) is 6.58 Å². The minimum absolute atomic E-state index is 0.0382. The van der Waals surface area contributed by atoms with E-state index in [9.17, 15) is 4.79 Å². The molecule has 0 amide bonds. The molecule has 0 saturated carbocycles. The Kier molecular flexibility index (Phi) is 4.54. The first kappa shape index (κ1) is 12.3. The van der Waals surface area contributed by atoms with E-state index >= 15 is 0 Å². The third-order valence-electron chi connectivity index (χ3n) is 2.07. The summed E-state index contributed by atoms with van der Waals surface area (Å²) in [7, 11) is 0. The molecule has 4 nitrogen and oxygen atoms in total. The Morgan fingerprint density at radius 1 is 1.56 bits per heavy atom. The molecule has 0 radical (unpaired) electrons. The van der Waals surface area contributed by atoms with Gasteiger partial charge in [-0.05, 0) is 18.1 Å². The Labute approximate surface area is 94.3 Å². The highest BCUT2D eigenvalue weighted by Crippen LogP contribution is 2.18. The first-order chi connectivity index (χ1) is 7.65. The standard InChI is InChI=1S/C12H15NO3/c1-2-5-9-6-3-4-7-11(9)16-8-10(13)12(14)15/h2-4,6-7,10H,1,5,8,13H2,(H,14,15). The molecule has 0 saturated heterocycles. The number of ether oxygens (including phenoxy) is 1. The summed E-state index contributed by atoms with van der Waals surface area (Å²) in [5.41, 5.74) is 6.31. The van der Waals surface area contributed by atoms with Gasteiger partial charge in [0.05, 0.1) is 0 Å². The highest BCUT2D eigenvalue weighted by atomic mass is 16.5. The lowest BCUT2D eigenvalue weighted by molar-refractivity contribution is -0.139. The highest BCUT2D eigenvalue weighted by Gasteiger charge is 2.12. The molecule has 0 heterocycles. The zero-order chi connectivity index (χ0) is 12.0. The molecule has 4 heteroatoms. The Hall–Kier alpha value is -1.81. The fourth-order valence-electron chi connectivity index (χ4n) is 1.22. The fourth-order valence-corrected chi connectivity index (χ4v) is 1.22. The lowest BCUT2D eigenvalue weighted by Crippen LogP contribution is -2.36.